The Balaban J connectivity index is 3.41. The van der Waals surface area contributed by atoms with Crippen LogP contribution in [0.3, 0.4) is 0 Å². The summed E-state index contributed by atoms with van der Waals surface area (Å²) in [5, 5.41) is 8.58. The Morgan fingerprint density at radius 3 is 1.30 bits per heavy atom. The number of carbonyl (C=O) groups excluding carboxylic acids is 3. The zero-order valence-electron chi connectivity index (χ0n) is 26.9. The van der Waals surface area contributed by atoms with Crippen LogP contribution in [0.5, 0.6) is 0 Å². The number of nitrogens with one attached hydrogen (secondary N) is 3. The van der Waals surface area contributed by atoms with Crippen molar-refractivity contribution in [2.24, 2.45) is 5.92 Å². The average Bonchev–Trinajstić information content (AvgIpc) is 2.95. The van der Waals surface area contributed by atoms with Crippen molar-refractivity contribution in [1.29, 1.82) is 0 Å². The van der Waals surface area contributed by atoms with E-state index >= 15 is 0 Å². The van der Waals surface area contributed by atoms with Crippen molar-refractivity contribution in [1.82, 2.24) is 16.0 Å². The third kappa shape index (κ3) is 29.4. The summed E-state index contributed by atoms with van der Waals surface area (Å²) in [6.45, 7) is 8.39. The molecule has 3 N–H and O–H groups in total. The predicted molar refractivity (Wildman–Crippen MR) is 170 cm³/mol. The van der Waals surface area contributed by atoms with E-state index in [2.05, 4.69) is 36.7 Å². The Labute approximate surface area is 248 Å². The molecule has 0 saturated carbocycles. The van der Waals surface area contributed by atoms with E-state index in [1.54, 1.807) is 0 Å². The lowest BCUT2D eigenvalue weighted by molar-refractivity contribution is -0.126. The SMILES string of the molecule is CCCCCCCCCCCCCCCC(=O)NCCNC(=O)CCC(=O)NCCCCCCCCC(C)CC. The highest BCUT2D eigenvalue weighted by Crippen LogP contribution is 2.14. The lowest BCUT2D eigenvalue weighted by atomic mass is 10.00. The molecular formula is C34H67N3O3. The van der Waals surface area contributed by atoms with Gasteiger partial charge in [-0.3, -0.25) is 14.4 Å². The number of unbranched alkanes of at least 4 members (excludes halogenated alkanes) is 17. The van der Waals surface area contributed by atoms with Crippen molar-refractivity contribution in [3.8, 4) is 0 Å². The molecule has 0 aromatic rings. The first-order valence-corrected chi connectivity index (χ1v) is 17.3. The third-order valence-electron chi connectivity index (χ3n) is 8.00. The maximum atomic E-state index is 12.0. The first-order chi connectivity index (χ1) is 19.5. The van der Waals surface area contributed by atoms with Crippen molar-refractivity contribution < 1.29 is 14.4 Å². The highest BCUT2D eigenvalue weighted by Gasteiger charge is 2.07. The van der Waals surface area contributed by atoms with Gasteiger partial charge in [-0.1, -0.05) is 143 Å². The molecule has 0 aromatic carbocycles. The summed E-state index contributed by atoms with van der Waals surface area (Å²) in [5.41, 5.74) is 0. The van der Waals surface area contributed by atoms with Gasteiger partial charge in [-0.2, -0.15) is 0 Å². The van der Waals surface area contributed by atoms with Crippen molar-refractivity contribution in [2.75, 3.05) is 19.6 Å². The molecule has 0 radical (unpaired) electrons. The molecule has 0 spiro atoms. The van der Waals surface area contributed by atoms with Gasteiger partial charge in [-0.05, 0) is 18.8 Å². The van der Waals surface area contributed by atoms with Crippen molar-refractivity contribution in [3.05, 3.63) is 0 Å². The lowest BCUT2D eigenvalue weighted by Crippen LogP contribution is -2.35. The highest BCUT2D eigenvalue weighted by atomic mass is 16.2. The summed E-state index contributed by atoms with van der Waals surface area (Å²) < 4.78 is 0. The Bertz CT molecular complexity index is 597. The minimum Gasteiger partial charge on any atom is -0.356 e. The molecule has 40 heavy (non-hydrogen) atoms. The second kappa shape index (κ2) is 30.4. The fourth-order valence-corrected chi connectivity index (χ4v) is 4.96. The summed E-state index contributed by atoms with van der Waals surface area (Å²) in [6, 6.07) is 0. The Morgan fingerprint density at radius 1 is 0.450 bits per heavy atom. The van der Waals surface area contributed by atoms with Gasteiger partial charge in [0, 0.05) is 38.9 Å². The van der Waals surface area contributed by atoms with Gasteiger partial charge < -0.3 is 16.0 Å². The van der Waals surface area contributed by atoms with Crippen LogP contribution in [-0.4, -0.2) is 37.4 Å². The van der Waals surface area contributed by atoms with Crippen LogP contribution >= 0.6 is 0 Å². The Kier molecular flexibility index (Phi) is 29.2. The lowest BCUT2D eigenvalue weighted by Gasteiger charge is -2.08. The molecule has 0 aliphatic heterocycles. The Morgan fingerprint density at radius 2 is 0.825 bits per heavy atom. The first-order valence-electron chi connectivity index (χ1n) is 17.3. The fourth-order valence-electron chi connectivity index (χ4n) is 4.96. The molecule has 236 valence electrons. The summed E-state index contributed by atoms with van der Waals surface area (Å²) in [5.74, 6) is 0.706. The van der Waals surface area contributed by atoms with Gasteiger partial charge in [0.1, 0.15) is 0 Å². The molecule has 0 fully saturated rings. The van der Waals surface area contributed by atoms with Gasteiger partial charge in [0.05, 0.1) is 0 Å². The molecule has 0 aliphatic rings. The van der Waals surface area contributed by atoms with E-state index in [9.17, 15) is 14.4 Å². The molecule has 0 saturated heterocycles. The topological polar surface area (TPSA) is 87.3 Å². The molecule has 0 aliphatic carbocycles. The monoisotopic (exact) mass is 566 g/mol. The molecule has 0 bridgehead atoms. The van der Waals surface area contributed by atoms with Crippen molar-refractivity contribution in [3.63, 3.8) is 0 Å². The van der Waals surface area contributed by atoms with Crippen LogP contribution in [0, 0.1) is 5.92 Å². The summed E-state index contributed by atoms with van der Waals surface area (Å²) in [4.78, 5) is 35.9. The van der Waals surface area contributed by atoms with E-state index in [1.807, 2.05) is 0 Å². The van der Waals surface area contributed by atoms with E-state index in [0.29, 0.717) is 26.1 Å². The van der Waals surface area contributed by atoms with Crippen molar-refractivity contribution in [2.45, 2.75) is 175 Å². The van der Waals surface area contributed by atoms with Crippen LogP contribution in [-0.2, 0) is 14.4 Å². The molecule has 6 heteroatoms. The number of rotatable bonds is 30. The zero-order valence-corrected chi connectivity index (χ0v) is 26.9. The third-order valence-corrected chi connectivity index (χ3v) is 8.00. The summed E-state index contributed by atoms with van der Waals surface area (Å²) in [6.07, 6.45) is 27.8. The molecule has 1 unspecified atom stereocenters. The molecule has 1 atom stereocenters. The van der Waals surface area contributed by atoms with Gasteiger partial charge in [0.15, 0.2) is 0 Å². The summed E-state index contributed by atoms with van der Waals surface area (Å²) in [7, 11) is 0. The van der Waals surface area contributed by atoms with E-state index in [1.165, 1.54) is 109 Å². The van der Waals surface area contributed by atoms with Crippen LogP contribution in [0.1, 0.15) is 175 Å². The van der Waals surface area contributed by atoms with Gasteiger partial charge in [0.25, 0.3) is 0 Å². The predicted octanol–water partition coefficient (Wildman–Crippen LogP) is 8.37. The standard InChI is InChI=1S/C34H67N3O3/c1-4-6-7-8-9-10-11-12-13-14-15-19-22-25-32(38)36-29-30-37-34(40)27-26-33(39)35-28-23-20-17-16-18-21-24-31(3)5-2/h31H,4-30H2,1-3H3,(H,35,39)(H,36,38)(H,37,40). The molecule has 6 nitrogen and oxygen atoms in total. The van der Waals surface area contributed by atoms with Gasteiger partial charge in [0.2, 0.25) is 17.7 Å². The van der Waals surface area contributed by atoms with Crippen LogP contribution in [0.4, 0.5) is 0 Å². The van der Waals surface area contributed by atoms with Crippen LogP contribution in [0.25, 0.3) is 0 Å². The van der Waals surface area contributed by atoms with E-state index in [-0.39, 0.29) is 30.6 Å². The largest absolute Gasteiger partial charge is 0.356 e. The smallest absolute Gasteiger partial charge is 0.220 e. The Hall–Kier alpha value is -1.59. The number of carbonyl (C=O) groups is 3. The normalized spacial score (nSPS) is 11.8. The van der Waals surface area contributed by atoms with Crippen LogP contribution in [0.15, 0.2) is 0 Å². The van der Waals surface area contributed by atoms with Crippen LogP contribution in [0.2, 0.25) is 0 Å². The first kappa shape index (κ1) is 38.4. The van der Waals surface area contributed by atoms with Gasteiger partial charge in [-0.25, -0.2) is 0 Å². The quantitative estimate of drug-likeness (QED) is 0.0764. The van der Waals surface area contributed by atoms with Gasteiger partial charge >= 0.3 is 0 Å². The minimum atomic E-state index is -0.140. The maximum Gasteiger partial charge on any atom is 0.220 e. The second-order valence-corrected chi connectivity index (χ2v) is 12.0. The fraction of sp³-hybridized carbons (Fsp3) is 0.912. The average molecular weight is 566 g/mol. The van der Waals surface area contributed by atoms with E-state index in [4.69, 9.17) is 0 Å². The number of amides is 3. The van der Waals surface area contributed by atoms with Crippen LogP contribution < -0.4 is 16.0 Å². The second-order valence-electron chi connectivity index (χ2n) is 12.0. The molecule has 3 amide bonds. The number of hydrogen-bond acceptors (Lipinski definition) is 3. The van der Waals surface area contributed by atoms with Gasteiger partial charge in [-0.15, -0.1) is 0 Å². The molecule has 0 rings (SSSR count). The highest BCUT2D eigenvalue weighted by molar-refractivity contribution is 5.83. The van der Waals surface area contributed by atoms with Crippen molar-refractivity contribution >= 4 is 17.7 Å². The minimum absolute atomic E-state index is 0.0581. The maximum absolute atomic E-state index is 12.0. The van der Waals surface area contributed by atoms with E-state index < -0.39 is 0 Å². The zero-order chi connectivity index (χ0) is 29.5. The number of hydrogen-bond donors (Lipinski definition) is 3. The summed E-state index contributed by atoms with van der Waals surface area (Å²) >= 11 is 0. The molecule has 0 aromatic heterocycles. The molecule has 0 heterocycles. The molecular weight excluding hydrogens is 498 g/mol. The van der Waals surface area contributed by atoms with E-state index in [0.717, 1.165) is 31.6 Å².